The van der Waals surface area contributed by atoms with Gasteiger partial charge in [0.1, 0.15) is 21.7 Å². The Bertz CT molecular complexity index is 990. The first-order valence-corrected chi connectivity index (χ1v) is 12.0. The molecule has 0 atom stereocenters. The number of anilines is 1. The zero-order chi connectivity index (χ0) is 23.1. The molecule has 11 heteroatoms. The number of nitrogens with zero attached hydrogens (tertiary/aromatic N) is 3. The largest absolute Gasteiger partial charge is 0.462 e. The second-order valence-electron chi connectivity index (χ2n) is 7.08. The van der Waals surface area contributed by atoms with Crippen LogP contribution in [-0.2, 0) is 15.2 Å². The molecule has 1 N–H and O–H groups in total. The number of rotatable bonds is 12. The van der Waals surface area contributed by atoms with Gasteiger partial charge in [-0.15, -0.1) is 0 Å². The summed E-state index contributed by atoms with van der Waals surface area (Å²) in [6.45, 7) is 3.16. The van der Waals surface area contributed by atoms with Crippen LogP contribution in [0.3, 0.4) is 0 Å². The van der Waals surface area contributed by atoms with E-state index < -0.39 is 12.4 Å². The number of halogens is 2. The van der Waals surface area contributed by atoms with Crippen molar-refractivity contribution in [1.82, 2.24) is 9.97 Å². The van der Waals surface area contributed by atoms with Crippen LogP contribution in [0.1, 0.15) is 70.7 Å². The van der Waals surface area contributed by atoms with Gasteiger partial charge < -0.3 is 14.8 Å². The van der Waals surface area contributed by atoms with Gasteiger partial charge in [-0.25, -0.2) is 23.5 Å². The smallest absolute Gasteiger partial charge is 0.350 e. The number of thiazole rings is 1. The van der Waals surface area contributed by atoms with Crippen molar-refractivity contribution in [3.05, 3.63) is 33.5 Å². The molecule has 0 aromatic carbocycles. The first kappa shape index (κ1) is 24.4. The Hall–Kier alpha value is -2.29. The number of methoxy groups -OCH3 is 1. The summed E-state index contributed by atoms with van der Waals surface area (Å²) in [5, 5.41) is 13.6. The molecule has 0 bridgehead atoms. The zero-order valence-corrected chi connectivity index (χ0v) is 19.5. The zero-order valence-electron chi connectivity index (χ0n) is 17.8. The van der Waals surface area contributed by atoms with Crippen LogP contribution >= 0.6 is 23.1 Å². The molecule has 1 aliphatic rings. The normalized spacial score (nSPS) is 13.2. The molecule has 1 aliphatic carbocycles. The molecule has 1 fully saturated rings. The van der Waals surface area contributed by atoms with Gasteiger partial charge in [0, 0.05) is 26.0 Å². The fraction of sp³-hybridized carbons (Fsp3) is 0.524. The molecule has 172 valence electrons. The topological polar surface area (TPSA) is 97.1 Å². The monoisotopic (exact) mass is 482 g/mol. The standard InChI is InChI=1S/C21H24F2N4O3S2/c1-3-30-20(28)17-16(27-21(32-17)25-7-4-8-29-2)11-31-19-14(10-24)13(12-5-6-12)9-15(26-19)18(22)23/h9,12,18H,3-8,11H2,1-2H3,(H,25,27). The maximum absolute atomic E-state index is 13.4. The average Bonchev–Trinajstić information content (AvgIpc) is 3.54. The molecule has 0 aliphatic heterocycles. The van der Waals surface area contributed by atoms with Crippen molar-refractivity contribution < 1.29 is 23.0 Å². The maximum atomic E-state index is 13.4. The minimum Gasteiger partial charge on any atom is -0.462 e. The fourth-order valence-electron chi connectivity index (χ4n) is 3.04. The van der Waals surface area contributed by atoms with E-state index in [9.17, 15) is 18.8 Å². The van der Waals surface area contributed by atoms with Crippen molar-refractivity contribution in [2.45, 2.75) is 49.3 Å². The summed E-state index contributed by atoms with van der Waals surface area (Å²) >= 11 is 2.31. The molecular weight excluding hydrogens is 458 g/mol. The van der Waals surface area contributed by atoms with Crippen molar-refractivity contribution in [2.24, 2.45) is 0 Å². The van der Waals surface area contributed by atoms with Crippen LogP contribution in [0, 0.1) is 11.3 Å². The van der Waals surface area contributed by atoms with E-state index in [2.05, 4.69) is 21.4 Å². The Balaban J connectivity index is 1.84. The van der Waals surface area contributed by atoms with Gasteiger partial charge >= 0.3 is 5.97 Å². The molecule has 3 rings (SSSR count). The van der Waals surface area contributed by atoms with Gasteiger partial charge in [0.2, 0.25) is 0 Å². The van der Waals surface area contributed by atoms with Gasteiger partial charge in [0.15, 0.2) is 5.13 Å². The highest BCUT2D eigenvalue weighted by molar-refractivity contribution is 7.98. The van der Waals surface area contributed by atoms with Crippen LogP contribution < -0.4 is 5.32 Å². The number of hydrogen-bond acceptors (Lipinski definition) is 9. The third kappa shape index (κ3) is 6.15. The van der Waals surface area contributed by atoms with E-state index in [4.69, 9.17) is 9.47 Å². The summed E-state index contributed by atoms with van der Waals surface area (Å²) in [6, 6.07) is 3.48. The van der Waals surface area contributed by atoms with E-state index in [1.54, 1.807) is 14.0 Å². The Labute approximate surface area is 193 Å². The number of nitriles is 1. The van der Waals surface area contributed by atoms with E-state index >= 15 is 0 Å². The van der Waals surface area contributed by atoms with Gasteiger partial charge in [0.25, 0.3) is 6.43 Å². The van der Waals surface area contributed by atoms with Crippen molar-refractivity contribution in [3.8, 4) is 6.07 Å². The Kier molecular flexibility index (Phi) is 8.78. The van der Waals surface area contributed by atoms with Crippen LogP contribution in [0.25, 0.3) is 0 Å². The lowest BCUT2D eigenvalue weighted by Gasteiger charge is -2.11. The number of nitrogens with one attached hydrogen (secondary N) is 1. The molecule has 0 radical (unpaired) electrons. The number of alkyl halides is 2. The molecule has 0 saturated heterocycles. The number of ether oxygens (including phenoxy) is 2. The SMILES string of the molecule is CCOC(=O)c1sc(NCCCOC)nc1CSc1nc(C(F)F)cc(C2CC2)c1C#N. The van der Waals surface area contributed by atoms with Crippen LogP contribution in [0.15, 0.2) is 11.1 Å². The quantitative estimate of drug-likeness (QED) is 0.252. The second kappa shape index (κ2) is 11.5. The third-order valence-corrected chi connectivity index (χ3v) is 6.72. The van der Waals surface area contributed by atoms with Crippen LogP contribution in [-0.4, -0.2) is 42.8 Å². The lowest BCUT2D eigenvalue weighted by molar-refractivity contribution is 0.0531. The second-order valence-corrected chi connectivity index (χ2v) is 9.04. The molecule has 1 saturated carbocycles. The minimum atomic E-state index is -2.73. The number of carbonyl (C=O) groups excluding carboxylic acids is 1. The van der Waals surface area contributed by atoms with Gasteiger partial charge in [-0.05, 0) is 43.7 Å². The van der Waals surface area contributed by atoms with E-state index in [0.29, 0.717) is 40.0 Å². The predicted octanol–water partition coefficient (Wildman–Crippen LogP) is 5.14. The predicted molar refractivity (Wildman–Crippen MR) is 118 cm³/mol. The molecule has 7 nitrogen and oxygen atoms in total. The van der Waals surface area contributed by atoms with Crippen LogP contribution in [0.4, 0.5) is 13.9 Å². The average molecular weight is 483 g/mol. The highest BCUT2D eigenvalue weighted by Gasteiger charge is 2.30. The molecule has 0 amide bonds. The summed E-state index contributed by atoms with van der Waals surface area (Å²) in [5.41, 5.74) is 1.09. The van der Waals surface area contributed by atoms with Crippen molar-refractivity contribution in [2.75, 3.05) is 32.2 Å². The summed E-state index contributed by atoms with van der Waals surface area (Å²) in [4.78, 5) is 21.3. The molecule has 2 heterocycles. The Morgan fingerprint density at radius 2 is 2.22 bits per heavy atom. The molecule has 0 spiro atoms. The van der Waals surface area contributed by atoms with Crippen molar-refractivity contribution >= 4 is 34.2 Å². The van der Waals surface area contributed by atoms with Gasteiger partial charge in [-0.1, -0.05) is 23.1 Å². The summed E-state index contributed by atoms with van der Waals surface area (Å²) in [6.07, 6.45) is -0.197. The number of pyridine rings is 1. The number of thioether (sulfide) groups is 1. The first-order chi connectivity index (χ1) is 15.5. The van der Waals surface area contributed by atoms with E-state index in [1.165, 1.54) is 17.4 Å². The minimum absolute atomic E-state index is 0.127. The third-order valence-electron chi connectivity index (χ3n) is 4.69. The van der Waals surface area contributed by atoms with Gasteiger partial charge in [-0.2, -0.15) is 5.26 Å². The van der Waals surface area contributed by atoms with Crippen molar-refractivity contribution in [1.29, 1.82) is 5.26 Å². The van der Waals surface area contributed by atoms with Gasteiger partial charge in [0.05, 0.1) is 17.9 Å². The highest BCUT2D eigenvalue weighted by atomic mass is 32.2. The number of carbonyl (C=O) groups is 1. The molecule has 0 unspecified atom stereocenters. The maximum Gasteiger partial charge on any atom is 0.350 e. The highest BCUT2D eigenvalue weighted by Crippen LogP contribution is 2.44. The molecule has 2 aromatic heterocycles. The number of aromatic nitrogens is 2. The van der Waals surface area contributed by atoms with E-state index in [1.807, 2.05) is 0 Å². The molecule has 32 heavy (non-hydrogen) atoms. The molecule has 2 aromatic rings. The number of esters is 1. The first-order valence-electron chi connectivity index (χ1n) is 10.2. The number of hydrogen-bond donors (Lipinski definition) is 1. The van der Waals surface area contributed by atoms with Crippen LogP contribution in [0.2, 0.25) is 0 Å². The lowest BCUT2D eigenvalue weighted by Crippen LogP contribution is -2.06. The molecular formula is C21H24F2N4O3S2. The van der Waals surface area contributed by atoms with Crippen LogP contribution in [0.5, 0.6) is 0 Å². The Morgan fingerprint density at radius 3 is 2.84 bits per heavy atom. The van der Waals surface area contributed by atoms with Gasteiger partial charge in [-0.3, -0.25) is 0 Å². The van der Waals surface area contributed by atoms with E-state index in [-0.39, 0.29) is 29.0 Å². The summed E-state index contributed by atoms with van der Waals surface area (Å²) in [5.74, 6) is -0.163. The Morgan fingerprint density at radius 1 is 1.44 bits per heavy atom. The summed E-state index contributed by atoms with van der Waals surface area (Å²) < 4.78 is 37.0. The van der Waals surface area contributed by atoms with E-state index in [0.717, 1.165) is 31.0 Å². The fourth-order valence-corrected chi connectivity index (χ4v) is 4.99. The van der Waals surface area contributed by atoms with Crippen molar-refractivity contribution in [3.63, 3.8) is 0 Å². The lowest BCUT2D eigenvalue weighted by atomic mass is 10.1. The summed E-state index contributed by atoms with van der Waals surface area (Å²) in [7, 11) is 1.62.